The van der Waals surface area contributed by atoms with E-state index in [1.807, 2.05) is 0 Å². The predicted molar refractivity (Wildman–Crippen MR) is 105 cm³/mol. The molecule has 8 nitrogen and oxygen atoms in total. The zero-order valence-corrected chi connectivity index (χ0v) is 16.7. The summed E-state index contributed by atoms with van der Waals surface area (Å²) in [4.78, 5) is 12.1. The van der Waals surface area contributed by atoms with E-state index in [0.29, 0.717) is 12.4 Å². The maximum Gasteiger partial charge on any atom is 0.298 e. The third-order valence-electron chi connectivity index (χ3n) is 3.93. The summed E-state index contributed by atoms with van der Waals surface area (Å²) in [5, 5.41) is 20.5. The number of ether oxygens (including phenoxy) is 1. The van der Waals surface area contributed by atoms with Crippen LogP contribution in [0.1, 0.15) is 6.42 Å². The fourth-order valence-corrected chi connectivity index (χ4v) is 3.46. The van der Waals surface area contributed by atoms with Crippen molar-refractivity contribution in [2.45, 2.75) is 11.3 Å². The molecule has 0 unspecified atom stereocenters. The highest BCUT2D eigenvalue weighted by atomic mass is 79.9. The van der Waals surface area contributed by atoms with E-state index in [2.05, 4.69) is 15.9 Å². The van der Waals surface area contributed by atoms with Crippen molar-refractivity contribution in [2.24, 2.45) is 0 Å². The molecule has 0 bridgehead atoms. The highest BCUT2D eigenvalue weighted by Crippen LogP contribution is 2.32. The van der Waals surface area contributed by atoms with Crippen molar-refractivity contribution >= 4 is 37.0 Å². The lowest BCUT2D eigenvalue weighted by atomic mass is 10.0. The van der Waals surface area contributed by atoms with E-state index in [9.17, 15) is 28.0 Å². The van der Waals surface area contributed by atoms with Gasteiger partial charge in [-0.1, -0.05) is 22.0 Å². The van der Waals surface area contributed by atoms with Crippen LogP contribution in [0.25, 0.3) is 22.1 Å². The molecule has 0 saturated heterocycles. The fourth-order valence-electron chi connectivity index (χ4n) is 2.62. The van der Waals surface area contributed by atoms with Gasteiger partial charge in [-0.15, -0.1) is 0 Å². The number of hydrogen-bond donors (Lipinski definition) is 3. The third-order valence-corrected chi connectivity index (χ3v) is 5.37. The molecule has 3 aromatic rings. The number of fused-ring (bicyclic) bond motifs is 1. The van der Waals surface area contributed by atoms with Gasteiger partial charge in [-0.3, -0.25) is 9.35 Å². The van der Waals surface area contributed by atoms with Gasteiger partial charge in [0.05, 0.1) is 12.2 Å². The molecule has 148 valence electrons. The average molecular weight is 471 g/mol. The van der Waals surface area contributed by atoms with E-state index in [4.69, 9.17) is 9.15 Å². The Labute approximate surface area is 167 Å². The molecule has 0 spiro atoms. The van der Waals surface area contributed by atoms with Crippen molar-refractivity contribution in [1.82, 2.24) is 0 Å². The molecule has 28 heavy (non-hydrogen) atoms. The molecule has 0 atom stereocenters. The highest BCUT2D eigenvalue weighted by molar-refractivity contribution is 9.09. The Hall–Kier alpha value is -2.56. The zero-order valence-electron chi connectivity index (χ0n) is 14.3. The minimum Gasteiger partial charge on any atom is -0.507 e. The molecule has 3 rings (SSSR count). The molecule has 0 fully saturated rings. The summed E-state index contributed by atoms with van der Waals surface area (Å²) in [5.41, 5.74) is -0.493. The van der Waals surface area contributed by atoms with Crippen LogP contribution in [0.4, 0.5) is 0 Å². The van der Waals surface area contributed by atoms with Gasteiger partial charge in [0.2, 0.25) is 5.43 Å². The molecule has 0 aliphatic carbocycles. The highest BCUT2D eigenvalue weighted by Gasteiger charge is 2.19. The smallest absolute Gasteiger partial charge is 0.298 e. The van der Waals surface area contributed by atoms with Crippen LogP contribution in [-0.2, 0) is 10.1 Å². The van der Waals surface area contributed by atoms with Gasteiger partial charge in [-0.05, 0) is 24.1 Å². The lowest BCUT2D eigenvalue weighted by molar-refractivity contribution is 0.317. The number of phenolic OH excluding ortho intramolecular Hbond substituents is 2. The van der Waals surface area contributed by atoms with Gasteiger partial charge in [-0.2, -0.15) is 8.42 Å². The van der Waals surface area contributed by atoms with Crippen molar-refractivity contribution < 1.29 is 32.3 Å². The maximum absolute atomic E-state index is 12.8. The van der Waals surface area contributed by atoms with Crippen LogP contribution in [-0.4, -0.2) is 35.1 Å². The molecule has 0 aliphatic rings. The van der Waals surface area contributed by atoms with Crippen LogP contribution in [0.5, 0.6) is 17.2 Å². The quantitative estimate of drug-likeness (QED) is 0.283. The normalized spacial score (nSPS) is 11.6. The van der Waals surface area contributed by atoms with Crippen LogP contribution in [0.15, 0.2) is 50.7 Å². The van der Waals surface area contributed by atoms with E-state index in [1.165, 1.54) is 18.2 Å². The molecule has 3 N–H and O–H groups in total. The minimum atomic E-state index is -4.70. The molecule has 2 aromatic carbocycles. The monoisotopic (exact) mass is 470 g/mol. The number of rotatable bonds is 6. The number of aromatic hydroxyl groups is 2. The number of halogens is 1. The third kappa shape index (κ3) is 3.98. The van der Waals surface area contributed by atoms with Gasteiger partial charge in [0.25, 0.3) is 10.1 Å². The van der Waals surface area contributed by atoms with Crippen molar-refractivity contribution in [3.05, 3.63) is 46.8 Å². The first kappa shape index (κ1) is 20.2. The number of phenols is 2. The molecule has 0 radical (unpaired) electrons. The van der Waals surface area contributed by atoms with Crippen molar-refractivity contribution in [3.63, 3.8) is 0 Å². The van der Waals surface area contributed by atoms with Gasteiger partial charge in [0.15, 0.2) is 0 Å². The number of hydrogen-bond acceptors (Lipinski definition) is 7. The molecule has 0 saturated carbocycles. The predicted octanol–water partition coefficient (Wildman–Crippen LogP) is 3.28. The van der Waals surface area contributed by atoms with Crippen LogP contribution in [0.3, 0.4) is 0 Å². The van der Waals surface area contributed by atoms with Crippen molar-refractivity contribution in [3.8, 4) is 28.4 Å². The topological polar surface area (TPSA) is 134 Å². The molecular weight excluding hydrogens is 456 g/mol. The summed E-state index contributed by atoms with van der Waals surface area (Å²) >= 11 is 3.28. The Kier molecular flexibility index (Phi) is 5.64. The van der Waals surface area contributed by atoms with Crippen molar-refractivity contribution in [2.75, 3.05) is 11.9 Å². The Bertz CT molecular complexity index is 1200. The second-order valence-electron chi connectivity index (χ2n) is 5.84. The standard InChI is InChI=1S/C18H15BrO8S/c19-4-1-5-26-11-7-14(21)17-15(8-11)27-9-12(18(17)22)10-2-3-13(20)16(6-10)28(23,24)25/h2-3,6-9,20-21H,1,4-5H2,(H,23,24,25). The first-order valence-corrected chi connectivity index (χ1v) is 10.6. The summed E-state index contributed by atoms with van der Waals surface area (Å²) in [7, 11) is -4.70. The maximum atomic E-state index is 12.8. The largest absolute Gasteiger partial charge is 0.507 e. The van der Waals surface area contributed by atoms with E-state index in [1.54, 1.807) is 0 Å². The van der Waals surface area contributed by atoms with Gasteiger partial charge >= 0.3 is 0 Å². The number of benzene rings is 2. The van der Waals surface area contributed by atoms with Crippen LogP contribution in [0.2, 0.25) is 0 Å². The van der Waals surface area contributed by atoms with Gasteiger partial charge in [-0.25, -0.2) is 0 Å². The Morgan fingerprint density at radius 3 is 2.54 bits per heavy atom. The Morgan fingerprint density at radius 1 is 1.11 bits per heavy atom. The first-order valence-electron chi connectivity index (χ1n) is 8.00. The lowest BCUT2D eigenvalue weighted by Crippen LogP contribution is -2.07. The minimum absolute atomic E-state index is 0.0549. The second kappa shape index (κ2) is 7.82. The Balaban J connectivity index is 2.12. The van der Waals surface area contributed by atoms with Crippen LogP contribution < -0.4 is 10.2 Å². The average Bonchev–Trinajstić information content (AvgIpc) is 2.61. The lowest BCUT2D eigenvalue weighted by Gasteiger charge is -2.09. The van der Waals surface area contributed by atoms with E-state index >= 15 is 0 Å². The van der Waals surface area contributed by atoms with E-state index in [-0.39, 0.29) is 27.8 Å². The van der Waals surface area contributed by atoms with Crippen molar-refractivity contribution in [1.29, 1.82) is 0 Å². The van der Waals surface area contributed by atoms with Crippen LogP contribution in [0, 0.1) is 0 Å². The second-order valence-corrected chi connectivity index (χ2v) is 8.03. The molecule has 1 aromatic heterocycles. The van der Waals surface area contributed by atoms with E-state index in [0.717, 1.165) is 30.1 Å². The summed E-state index contributed by atoms with van der Waals surface area (Å²) < 4.78 is 42.9. The molecule has 0 aliphatic heterocycles. The first-order chi connectivity index (χ1) is 13.2. The molecule has 10 heteroatoms. The summed E-state index contributed by atoms with van der Waals surface area (Å²) in [6.45, 7) is 0.407. The van der Waals surface area contributed by atoms with Gasteiger partial charge < -0.3 is 19.4 Å². The zero-order chi connectivity index (χ0) is 20.5. The summed E-state index contributed by atoms with van der Waals surface area (Å²) in [6, 6.07) is 6.02. The molecule has 0 amide bonds. The summed E-state index contributed by atoms with van der Waals surface area (Å²) in [5.74, 6) is -0.680. The van der Waals surface area contributed by atoms with Gasteiger partial charge in [0.1, 0.15) is 39.4 Å². The summed E-state index contributed by atoms with van der Waals surface area (Å²) in [6.07, 6.45) is 1.85. The Morgan fingerprint density at radius 2 is 1.86 bits per heavy atom. The fraction of sp³-hybridized carbons (Fsp3) is 0.167. The van der Waals surface area contributed by atoms with Crippen LogP contribution >= 0.6 is 15.9 Å². The van der Waals surface area contributed by atoms with Gasteiger partial charge in [0, 0.05) is 17.5 Å². The van der Waals surface area contributed by atoms with E-state index < -0.39 is 26.2 Å². The molecule has 1 heterocycles. The number of alkyl halides is 1. The SMILES string of the molecule is O=c1c(-c2ccc(O)c(S(=O)(=O)O)c2)coc2cc(OCCCBr)cc(O)c12. The molecular formula is C18H15BrO8S.